The van der Waals surface area contributed by atoms with Crippen molar-refractivity contribution < 1.29 is 9.18 Å². The molecule has 0 saturated heterocycles. The molecule has 134 valence electrons. The Morgan fingerprint density at radius 1 is 1.25 bits per heavy atom. The van der Waals surface area contributed by atoms with Gasteiger partial charge in [0.05, 0.1) is 11.3 Å². The van der Waals surface area contributed by atoms with Crippen LogP contribution in [0.3, 0.4) is 0 Å². The summed E-state index contributed by atoms with van der Waals surface area (Å²) < 4.78 is 14.5. The molecule has 1 aromatic rings. The molecule has 2 rings (SSSR count). The van der Waals surface area contributed by atoms with Gasteiger partial charge in [-0.05, 0) is 38.8 Å². The second-order valence-corrected chi connectivity index (χ2v) is 6.70. The molecule has 0 spiro atoms. The van der Waals surface area contributed by atoms with Crippen molar-refractivity contribution in [2.45, 2.75) is 58.0 Å². The first-order chi connectivity index (χ1) is 11.5. The van der Waals surface area contributed by atoms with E-state index >= 15 is 0 Å². The van der Waals surface area contributed by atoms with Crippen LogP contribution in [0.15, 0.2) is 12.1 Å². The molecule has 0 heterocycles. The Morgan fingerprint density at radius 3 is 2.58 bits per heavy atom. The molecule has 0 atom stereocenters. The number of nitrogens with one attached hydrogen (secondary N) is 3. The van der Waals surface area contributed by atoms with Gasteiger partial charge in [0, 0.05) is 30.9 Å². The normalized spacial score (nSPS) is 15.4. The van der Waals surface area contributed by atoms with Gasteiger partial charge in [-0.1, -0.05) is 19.3 Å². The fourth-order valence-electron chi connectivity index (χ4n) is 3.05. The number of nitrogens with two attached hydrogens (primary N) is 1. The van der Waals surface area contributed by atoms with Crippen molar-refractivity contribution in [3.8, 4) is 0 Å². The van der Waals surface area contributed by atoms with Crippen LogP contribution >= 0.6 is 0 Å². The molecule has 1 fully saturated rings. The molecule has 0 radical (unpaired) electrons. The Balaban J connectivity index is 2.24. The Bertz CT molecular complexity index is 556. The summed E-state index contributed by atoms with van der Waals surface area (Å²) in [5.74, 6) is -0.709. The summed E-state index contributed by atoms with van der Waals surface area (Å²) in [5.41, 5.74) is 6.82. The molecule has 1 aliphatic rings. The molecule has 5 nitrogen and oxygen atoms in total. The summed E-state index contributed by atoms with van der Waals surface area (Å²) in [5, 5.41) is 9.24. The zero-order valence-electron chi connectivity index (χ0n) is 14.6. The van der Waals surface area contributed by atoms with Gasteiger partial charge in [0.2, 0.25) is 0 Å². The van der Waals surface area contributed by atoms with Gasteiger partial charge in [-0.25, -0.2) is 4.39 Å². The maximum Gasteiger partial charge on any atom is 0.253 e. The lowest BCUT2D eigenvalue weighted by Gasteiger charge is -2.25. The number of halogens is 1. The Morgan fingerprint density at radius 2 is 1.96 bits per heavy atom. The topological polar surface area (TPSA) is 79.2 Å². The van der Waals surface area contributed by atoms with Gasteiger partial charge in [0.1, 0.15) is 5.82 Å². The van der Waals surface area contributed by atoms with Crippen molar-refractivity contribution in [1.29, 1.82) is 0 Å². The molecule has 5 N–H and O–H groups in total. The number of rotatable bonds is 7. The van der Waals surface area contributed by atoms with Crippen LogP contribution in [-0.2, 0) is 0 Å². The fourth-order valence-corrected chi connectivity index (χ4v) is 3.05. The van der Waals surface area contributed by atoms with Gasteiger partial charge in [0.15, 0.2) is 0 Å². The average molecular weight is 336 g/mol. The number of benzene rings is 1. The van der Waals surface area contributed by atoms with E-state index in [1.165, 1.54) is 25.3 Å². The maximum atomic E-state index is 14.5. The quantitative estimate of drug-likeness (QED) is 0.617. The van der Waals surface area contributed by atoms with Crippen molar-refractivity contribution in [3.05, 3.63) is 23.5 Å². The van der Waals surface area contributed by atoms with Crippen molar-refractivity contribution in [3.63, 3.8) is 0 Å². The third-order valence-corrected chi connectivity index (χ3v) is 4.19. The predicted molar refractivity (Wildman–Crippen MR) is 97.0 cm³/mol. The Labute approximate surface area is 143 Å². The SMILES string of the molecule is CC(C)Nc1cc(NC2CCCCC2)c(F)cc1C(=O)NCCN. The highest BCUT2D eigenvalue weighted by atomic mass is 19.1. The molecular weight excluding hydrogens is 307 g/mol. The van der Waals surface area contributed by atoms with Crippen LogP contribution in [0, 0.1) is 5.82 Å². The Kier molecular flexibility index (Phi) is 6.85. The van der Waals surface area contributed by atoms with Crippen LogP contribution in [0.5, 0.6) is 0 Å². The number of hydrogen-bond acceptors (Lipinski definition) is 4. The molecule has 1 aromatic carbocycles. The molecule has 0 aromatic heterocycles. The first kappa shape index (κ1) is 18.5. The molecule has 1 saturated carbocycles. The van der Waals surface area contributed by atoms with Crippen molar-refractivity contribution in [1.82, 2.24) is 5.32 Å². The van der Waals surface area contributed by atoms with Crippen LogP contribution in [0.25, 0.3) is 0 Å². The van der Waals surface area contributed by atoms with E-state index in [-0.39, 0.29) is 11.9 Å². The van der Waals surface area contributed by atoms with Crippen LogP contribution < -0.4 is 21.7 Å². The van der Waals surface area contributed by atoms with Crippen LogP contribution in [0.1, 0.15) is 56.3 Å². The number of anilines is 2. The highest BCUT2D eigenvalue weighted by Crippen LogP contribution is 2.28. The van der Waals surface area contributed by atoms with Gasteiger partial charge in [-0.2, -0.15) is 0 Å². The zero-order chi connectivity index (χ0) is 17.5. The third kappa shape index (κ3) is 5.09. The number of hydrogen-bond donors (Lipinski definition) is 4. The van der Waals surface area contributed by atoms with Crippen molar-refractivity contribution in [2.24, 2.45) is 5.73 Å². The first-order valence-corrected chi connectivity index (χ1v) is 8.86. The summed E-state index contributed by atoms with van der Waals surface area (Å²) >= 11 is 0. The summed E-state index contributed by atoms with van der Waals surface area (Å²) in [6.07, 6.45) is 5.73. The van der Waals surface area contributed by atoms with Gasteiger partial charge in [0.25, 0.3) is 5.91 Å². The minimum Gasteiger partial charge on any atom is -0.382 e. The summed E-state index contributed by atoms with van der Waals surface area (Å²) in [7, 11) is 0. The van der Waals surface area contributed by atoms with Gasteiger partial charge >= 0.3 is 0 Å². The molecule has 0 bridgehead atoms. The smallest absolute Gasteiger partial charge is 0.253 e. The van der Waals surface area contributed by atoms with E-state index in [0.29, 0.717) is 36.1 Å². The van der Waals surface area contributed by atoms with E-state index in [9.17, 15) is 9.18 Å². The third-order valence-electron chi connectivity index (χ3n) is 4.19. The van der Waals surface area contributed by atoms with Crippen LogP contribution in [-0.4, -0.2) is 31.1 Å². The lowest BCUT2D eigenvalue weighted by Crippen LogP contribution is -2.30. The monoisotopic (exact) mass is 336 g/mol. The van der Waals surface area contributed by atoms with E-state index in [1.807, 2.05) is 13.8 Å². The van der Waals surface area contributed by atoms with Crippen molar-refractivity contribution in [2.75, 3.05) is 23.7 Å². The molecule has 1 amide bonds. The van der Waals surface area contributed by atoms with E-state index in [4.69, 9.17) is 5.73 Å². The minimum absolute atomic E-state index is 0.138. The van der Waals surface area contributed by atoms with Crippen LogP contribution in [0.2, 0.25) is 0 Å². The van der Waals surface area contributed by atoms with Gasteiger partial charge in [-0.3, -0.25) is 4.79 Å². The minimum atomic E-state index is -0.396. The lowest BCUT2D eigenvalue weighted by atomic mass is 9.95. The van der Waals surface area contributed by atoms with E-state index < -0.39 is 5.82 Å². The molecule has 24 heavy (non-hydrogen) atoms. The molecule has 0 unspecified atom stereocenters. The van der Waals surface area contributed by atoms with Crippen molar-refractivity contribution >= 4 is 17.3 Å². The molecule has 6 heteroatoms. The van der Waals surface area contributed by atoms with Crippen LogP contribution in [0.4, 0.5) is 15.8 Å². The largest absolute Gasteiger partial charge is 0.382 e. The lowest BCUT2D eigenvalue weighted by molar-refractivity contribution is 0.0955. The second-order valence-electron chi connectivity index (χ2n) is 6.70. The Hall–Kier alpha value is -1.82. The fraction of sp³-hybridized carbons (Fsp3) is 0.611. The first-order valence-electron chi connectivity index (χ1n) is 8.86. The molecule has 0 aliphatic heterocycles. The van der Waals surface area contributed by atoms with Gasteiger partial charge < -0.3 is 21.7 Å². The average Bonchev–Trinajstić information content (AvgIpc) is 2.56. The highest BCUT2D eigenvalue weighted by Gasteiger charge is 2.19. The highest BCUT2D eigenvalue weighted by molar-refractivity contribution is 6.00. The zero-order valence-corrected chi connectivity index (χ0v) is 14.6. The maximum absolute atomic E-state index is 14.5. The van der Waals surface area contributed by atoms with Gasteiger partial charge in [-0.15, -0.1) is 0 Å². The summed E-state index contributed by atoms with van der Waals surface area (Å²) in [6, 6.07) is 3.46. The predicted octanol–water partition coefficient (Wildman–Crippen LogP) is 3.08. The number of amides is 1. The summed E-state index contributed by atoms with van der Waals surface area (Å²) in [4.78, 5) is 12.3. The number of carbonyl (C=O) groups is 1. The number of carbonyl (C=O) groups excluding carboxylic acids is 1. The summed E-state index contributed by atoms with van der Waals surface area (Å²) in [6.45, 7) is 4.68. The van der Waals surface area contributed by atoms with E-state index in [2.05, 4.69) is 16.0 Å². The van der Waals surface area contributed by atoms with E-state index in [1.54, 1.807) is 6.07 Å². The second kappa shape index (κ2) is 8.87. The molecular formula is C18H29FN4O. The molecule has 1 aliphatic carbocycles. The standard InChI is InChI=1S/C18H29FN4O/c1-12(2)22-16-11-17(23-13-6-4-3-5-7-13)15(19)10-14(16)18(24)21-9-8-20/h10-13,22-23H,3-9,20H2,1-2H3,(H,21,24). The van der Waals surface area contributed by atoms with E-state index in [0.717, 1.165) is 12.8 Å².